The summed E-state index contributed by atoms with van der Waals surface area (Å²) >= 11 is 1.74. The first-order valence-electron chi connectivity index (χ1n) is 7.30. The van der Waals surface area contributed by atoms with Crippen molar-refractivity contribution in [3.8, 4) is 0 Å². The number of carbonyl (C=O) groups is 1. The van der Waals surface area contributed by atoms with Gasteiger partial charge in [-0.2, -0.15) is 0 Å². The summed E-state index contributed by atoms with van der Waals surface area (Å²) in [5.41, 5.74) is 1.17. The topological polar surface area (TPSA) is 32.3 Å². The maximum Gasteiger partial charge on any atom is 0.241 e. The number of hydrogen-bond donors (Lipinski definition) is 1. The van der Waals surface area contributed by atoms with Gasteiger partial charge in [0.2, 0.25) is 5.91 Å². The number of thioether (sulfide) groups is 1. The zero-order chi connectivity index (χ0) is 14.7. The molecule has 1 aliphatic heterocycles. The van der Waals surface area contributed by atoms with Crippen LogP contribution in [-0.2, 0) is 4.79 Å². The highest BCUT2D eigenvalue weighted by molar-refractivity contribution is 7.98. The van der Waals surface area contributed by atoms with Crippen LogP contribution in [-0.4, -0.2) is 29.1 Å². The highest BCUT2D eigenvalue weighted by Gasteiger charge is 2.39. The van der Waals surface area contributed by atoms with E-state index in [0.29, 0.717) is 0 Å². The Labute approximate surface area is 126 Å². The van der Waals surface area contributed by atoms with Gasteiger partial charge >= 0.3 is 0 Å². The fourth-order valence-electron chi connectivity index (χ4n) is 2.81. The molecule has 1 fully saturated rings. The van der Waals surface area contributed by atoms with Crippen LogP contribution in [0.4, 0.5) is 0 Å². The van der Waals surface area contributed by atoms with E-state index in [1.54, 1.807) is 11.8 Å². The number of amides is 1. The molecular weight excluding hydrogens is 268 g/mol. The van der Waals surface area contributed by atoms with E-state index in [1.807, 2.05) is 11.8 Å². The Hall–Kier alpha value is -1.00. The molecule has 1 aromatic carbocycles. The van der Waals surface area contributed by atoms with Gasteiger partial charge < -0.3 is 4.90 Å². The number of nitrogens with zero attached hydrogens (tertiary/aromatic N) is 1. The molecule has 2 rings (SSSR count). The van der Waals surface area contributed by atoms with Crippen LogP contribution in [0.5, 0.6) is 0 Å². The normalized spacial score (nSPS) is 24.2. The number of hydrogen-bond acceptors (Lipinski definition) is 3. The van der Waals surface area contributed by atoms with Crippen molar-refractivity contribution in [2.45, 2.75) is 56.8 Å². The van der Waals surface area contributed by atoms with Crippen LogP contribution in [0.25, 0.3) is 0 Å². The second-order valence-corrected chi connectivity index (χ2v) is 6.33. The Balaban J connectivity index is 2.24. The number of rotatable bonds is 5. The average Bonchev–Trinajstić information content (AvgIpc) is 2.75. The van der Waals surface area contributed by atoms with E-state index in [9.17, 15) is 4.79 Å². The summed E-state index contributed by atoms with van der Waals surface area (Å²) in [5, 5.41) is 3.42. The highest BCUT2D eigenvalue weighted by atomic mass is 32.2. The van der Waals surface area contributed by atoms with Crippen molar-refractivity contribution in [3.63, 3.8) is 0 Å². The first kappa shape index (κ1) is 15.4. The zero-order valence-corrected chi connectivity index (χ0v) is 13.5. The molecule has 3 nitrogen and oxygen atoms in total. The Morgan fingerprint density at radius 2 is 2.00 bits per heavy atom. The Kier molecular flexibility index (Phi) is 5.11. The zero-order valence-electron chi connectivity index (χ0n) is 12.7. The summed E-state index contributed by atoms with van der Waals surface area (Å²) in [5.74, 6) is 0.213. The second-order valence-electron chi connectivity index (χ2n) is 5.45. The lowest BCUT2D eigenvalue weighted by molar-refractivity contribution is -0.131. The Morgan fingerprint density at radius 1 is 1.35 bits per heavy atom. The first-order valence-corrected chi connectivity index (χ1v) is 8.53. The van der Waals surface area contributed by atoms with Gasteiger partial charge in [0.05, 0.1) is 6.04 Å². The van der Waals surface area contributed by atoms with E-state index in [4.69, 9.17) is 0 Å². The number of carbonyl (C=O) groups excluding carboxylic acids is 1. The smallest absolute Gasteiger partial charge is 0.241 e. The highest BCUT2D eigenvalue weighted by Crippen LogP contribution is 2.29. The summed E-state index contributed by atoms with van der Waals surface area (Å²) < 4.78 is 0. The van der Waals surface area contributed by atoms with E-state index < -0.39 is 0 Å². The maximum atomic E-state index is 12.4. The third-order valence-electron chi connectivity index (χ3n) is 3.92. The fourth-order valence-corrected chi connectivity index (χ4v) is 3.22. The second kappa shape index (κ2) is 6.64. The Morgan fingerprint density at radius 3 is 2.55 bits per heavy atom. The standard InChI is InChI=1S/C16H24N2OS/c1-5-6-11(2)18-15(17-12(3)16(18)19)13-7-9-14(20-4)10-8-13/h7-12,15,17H,5-6H2,1-4H3. The third-order valence-corrected chi connectivity index (χ3v) is 4.67. The molecule has 20 heavy (non-hydrogen) atoms. The van der Waals surface area contributed by atoms with Gasteiger partial charge in [0.15, 0.2) is 0 Å². The summed E-state index contributed by atoms with van der Waals surface area (Å²) in [6.07, 6.45) is 4.22. The van der Waals surface area contributed by atoms with Crippen molar-refractivity contribution in [2.24, 2.45) is 0 Å². The molecular formula is C16H24N2OS. The predicted molar refractivity (Wildman–Crippen MR) is 84.8 cm³/mol. The van der Waals surface area contributed by atoms with Gasteiger partial charge in [0.25, 0.3) is 0 Å². The van der Waals surface area contributed by atoms with Crippen molar-refractivity contribution in [2.75, 3.05) is 6.26 Å². The van der Waals surface area contributed by atoms with Crippen LogP contribution in [0.2, 0.25) is 0 Å². The van der Waals surface area contributed by atoms with Gasteiger partial charge in [0, 0.05) is 10.9 Å². The van der Waals surface area contributed by atoms with E-state index in [1.165, 1.54) is 10.5 Å². The van der Waals surface area contributed by atoms with Crippen LogP contribution in [0.1, 0.15) is 45.3 Å². The van der Waals surface area contributed by atoms with Crippen molar-refractivity contribution >= 4 is 17.7 Å². The minimum absolute atomic E-state index is 0.00922. The van der Waals surface area contributed by atoms with Crippen LogP contribution in [0.3, 0.4) is 0 Å². The summed E-state index contributed by atoms with van der Waals surface area (Å²) in [6, 6.07) is 8.67. The third kappa shape index (κ3) is 3.01. The number of nitrogens with one attached hydrogen (secondary N) is 1. The van der Waals surface area contributed by atoms with Crippen LogP contribution in [0.15, 0.2) is 29.2 Å². The van der Waals surface area contributed by atoms with Crippen molar-refractivity contribution in [1.29, 1.82) is 0 Å². The van der Waals surface area contributed by atoms with Gasteiger partial charge in [-0.15, -0.1) is 11.8 Å². The first-order chi connectivity index (χ1) is 9.58. The molecule has 1 saturated heterocycles. The molecule has 0 spiro atoms. The Bertz CT molecular complexity index is 460. The molecule has 110 valence electrons. The molecule has 0 aliphatic carbocycles. The molecule has 1 amide bonds. The van der Waals surface area contributed by atoms with E-state index in [-0.39, 0.29) is 24.2 Å². The largest absolute Gasteiger partial charge is 0.319 e. The molecule has 0 bridgehead atoms. The van der Waals surface area contributed by atoms with Gasteiger partial charge in [-0.25, -0.2) is 0 Å². The lowest BCUT2D eigenvalue weighted by Crippen LogP contribution is -2.38. The molecule has 0 aromatic heterocycles. The molecule has 3 atom stereocenters. The van der Waals surface area contributed by atoms with Gasteiger partial charge in [-0.05, 0) is 44.2 Å². The van der Waals surface area contributed by atoms with Crippen molar-refractivity contribution < 1.29 is 4.79 Å². The average molecular weight is 292 g/mol. The van der Waals surface area contributed by atoms with Gasteiger partial charge in [-0.1, -0.05) is 25.5 Å². The van der Waals surface area contributed by atoms with Crippen molar-refractivity contribution in [3.05, 3.63) is 29.8 Å². The number of benzene rings is 1. The van der Waals surface area contributed by atoms with Crippen LogP contribution < -0.4 is 5.32 Å². The van der Waals surface area contributed by atoms with E-state index in [2.05, 4.69) is 49.7 Å². The minimum atomic E-state index is -0.0977. The van der Waals surface area contributed by atoms with Gasteiger partial charge in [0.1, 0.15) is 6.17 Å². The van der Waals surface area contributed by atoms with Gasteiger partial charge in [-0.3, -0.25) is 10.1 Å². The van der Waals surface area contributed by atoms with Crippen molar-refractivity contribution in [1.82, 2.24) is 10.2 Å². The minimum Gasteiger partial charge on any atom is -0.319 e. The molecule has 3 unspecified atom stereocenters. The lowest BCUT2D eigenvalue weighted by Gasteiger charge is -2.30. The molecule has 1 aromatic rings. The summed E-state index contributed by atoms with van der Waals surface area (Å²) in [4.78, 5) is 15.7. The lowest BCUT2D eigenvalue weighted by atomic mass is 10.1. The molecule has 1 heterocycles. The summed E-state index contributed by atoms with van der Waals surface area (Å²) in [6.45, 7) is 6.25. The SMILES string of the molecule is CCCC(C)N1C(=O)C(C)NC1c1ccc(SC)cc1. The quantitative estimate of drug-likeness (QED) is 0.844. The monoisotopic (exact) mass is 292 g/mol. The molecule has 1 N–H and O–H groups in total. The van der Waals surface area contributed by atoms with E-state index in [0.717, 1.165) is 12.8 Å². The molecule has 0 saturated carbocycles. The van der Waals surface area contributed by atoms with E-state index >= 15 is 0 Å². The van der Waals surface area contributed by atoms with Crippen LogP contribution >= 0.6 is 11.8 Å². The molecule has 1 aliphatic rings. The fraction of sp³-hybridized carbons (Fsp3) is 0.562. The predicted octanol–water partition coefficient (Wildman–Crippen LogP) is 3.42. The summed E-state index contributed by atoms with van der Waals surface area (Å²) in [7, 11) is 0. The van der Waals surface area contributed by atoms with Crippen LogP contribution in [0, 0.1) is 0 Å². The molecule has 0 radical (unpaired) electrons. The maximum absolute atomic E-state index is 12.4. The molecule has 4 heteroatoms.